The molecule has 1 amide bonds. The van der Waals surface area contributed by atoms with Crippen molar-refractivity contribution in [2.45, 2.75) is 26.7 Å². The molecule has 0 radical (unpaired) electrons. The van der Waals surface area contributed by atoms with E-state index in [1.165, 1.54) is 11.0 Å². The molecule has 124 valence electrons. The fourth-order valence-electron chi connectivity index (χ4n) is 2.83. The summed E-state index contributed by atoms with van der Waals surface area (Å²) in [4.78, 5) is 14.4. The van der Waals surface area contributed by atoms with Crippen LogP contribution in [0.25, 0.3) is 5.70 Å². The summed E-state index contributed by atoms with van der Waals surface area (Å²) in [6.07, 6.45) is 3.97. The van der Waals surface area contributed by atoms with Gasteiger partial charge < -0.3 is 0 Å². The van der Waals surface area contributed by atoms with Gasteiger partial charge in [-0.1, -0.05) is 60.5 Å². The van der Waals surface area contributed by atoms with Crippen molar-refractivity contribution in [1.82, 2.24) is 0 Å². The number of halogens is 2. The lowest BCUT2D eigenvalue weighted by atomic mass is 10.0. The molecular formula is C20H19BrFNO. The van der Waals surface area contributed by atoms with Gasteiger partial charge in [0, 0.05) is 15.6 Å². The van der Waals surface area contributed by atoms with Crippen LogP contribution in [0.3, 0.4) is 0 Å². The molecule has 0 N–H and O–H groups in total. The first kappa shape index (κ1) is 16.9. The van der Waals surface area contributed by atoms with E-state index in [1.54, 1.807) is 18.2 Å². The summed E-state index contributed by atoms with van der Waals surface area (Å²) in [7, 11) is 0. The Balaban J connectivity index is 2.11. The third-order valence-electron chi connectivity index (χ3n) is 4.44. The molecule has 2 nitrogen and oxygen atoms in total. The van der Waals surface area contributed by atoms with Crippen LogP contribution in [0.4, 0.5) is 10.1 Å². The largest absolute Gasteiger partial charge is 0.274 e. The Labute approximate surface area is 150 Å². The highest BCUT2D eigenvalue weighted by Gasteiger charge is 2.34. The van der Waals surface area contributed by atoms with Gasteiger partial charge in [-0.25, -0.2) is 4.39 Å². The second kappa shape index (κ2) is 6.89. The number of carbonyl (C=O) groups excluding carboxylic acids is 1. The van der Waals surface area contributed by atoms with Gasteiger partial charge in [0.1, 0.15) is 5.82 Å². The number of anilines is 1. The maximum atomic E-state index is 14.5. The second-order valence-electron chi connectivity index (χ2n) is 6.12. The molecule has 1 aliphatic heterocycles. The van der Waals surface area contributed by atoms with E-state index in [1.807, 2.05) is 18.2 Å². The standard InChI is InChI=1S/C20H19BrFNO/c1-3-13(2)8-10-18-15-6-4-5-7-16(15)20(24)23(18)19-11-9-14(21)12-17(19)22/h4-7,9-13H,3,8H2,1-2H3. The smallest absolute Gasteiger partial charge is 0.263 e. The molecule has 1 heterocycles. The van der Waals surface area contributed by atoms with Crippen LogP contribution in [0.15, 0.2) is 53.0 Å². The van der Waals surface area contributed by atoms with Crippen LogP contribution in [0.2, 0.25) is 0 Å². The normalized spacial score (nSPS) is 16.6. The van der Waals surface area contributed by atoms with Gasteiger partial charge in [-0.3, -0.25) is 9.69 Å². The van der Waals surface area contributed by atoms with E-state index in [4.69, 9.17) is 0 Å². The van der Waals surface area contributed by atoms with Crippen LogP contribution >= 0.6 is 15.9 Å². The molecule has 3 rings (SSSR count). The molecule has 0 spiro atoms. The maximum absolute atomic E-state index is 14.5. The monoisotopic (exact) mass is 387 g/mol. The fourth-order valence-corrected chi connectivity index (χ4v) is 3.16. The van der Waals surface area contributed by atoms with Gasteiger partial charge in [-0.05, 0) is 36.6 Å². The van der Waals surface area contributed by atoms with E-state index < -0.39 is 5.82 Å². The predicted octanol–water partition coefficient (Wildman–Crippen LogP) is 6.03. The van der Waals surface area contributed by atoms with Gasteiger partial charge in [0.25, 0.3) is 5.91 Å². The molecule has 0 aliphatic carbocycles. The average Bonchev–Trinajstić information content (AvgIpc) is 2.85. The summed E-state index contributed by atoms with van der Waals surface area (Å²) in [5.41, 5.74) is 2.55. The van der Waals surface area contributed by atoms with Crippen molar-refractivity contribution in [3.05, 3.63) is 70.0 Å². The summed E-state index contributed by atoms with van der Waals surface area (Å²) in [5, 5.41) is 0. The zero-order valence-electron chi connectivity index (χ0n) is 13.7. The van der Waals surface area contributed by atoms with E-state index in [2.05, 4.69) is 35.9 Å². The molecule has 1 atom stereocenters. The minimum Gasteiger partial charge on any atom is -0.274 e. The molecule has 2 aromatic carbocycles. The highest BCUT2D eigenvalue weighted by Crippen LogP contribution is 2.39. The quantitative estimate of drug-likeness (QED) is 0.627. The van der Waals surface area contributed by atoms with E-state index in [0.29, 0.717) is 16.0 Å². The SMILES string of the molecule is CCC(C)CC=C1c2ccccc2C(=O)N1c1ccc(Br)cc1F. The highest BCUT2D eigenvalue weighted by atomic mass is 79.9. The van der Waals surface area contributed by atoms with Gasteiger partial charge in [0.05, 0.1) is 11.4 Å². The fraction of sp³-hybridized carbons (Fsp3) is 0.250. The van der Waals surface area contributed by atoms with Crippen LogP contribution in [0.5, 0.6) is 0 Å². The summed E-state index contributed by atoms with van der Waals surface area (Å²) in [6.45, 7) is 4.31. The Morgan fingerprint density at radius 3 is 2.58 bits per heavy atom. The Kier molecular flexibility index (Phi) is 4.86. The maximum Gasteiger partial charge on any atom is 0.263 e. The average molecular weight is 388 g/mol. The lowest BCUT2D eigenvalue weighted by Gasteiger charge is -2.20. The van der Waals surface area contributed by atoms with Crippen LogP contribution in [0, 0.1) is 11.7 Å². The highest BCUT2D eigenvalue weighted by molar-refractivity contribution is 9.10. The number of carbonyl (C=O) groups is 1. The Morgan fingerprint density at radius 1 is 1.21 bits per heavy atom. The van der Waals surface area contributed by atoms with Crippen LogP contribution < -0.4 is 4.90 Å². The molecular weight excluding hydrogens is 369 g/mol. The van der Waals surface area contributed by atoms with E-state index >= 15 is 0 Å². The zero-order chi connectivity index (χ0) is 17.3. The van der Waals surface area contributed by atoms with Crippen LogP contribution in [0.1, 0.15) is 42.6 Å². The van der Waals surface area contributed by atoms with Crippen LogP contribution in [-0.4, -0.2) is 5.91 Å². The molecule has 0 fully saturated rings. The Hall–Kier alpha value is -1.94. The molecule has 24 heavy (non-hydrogen) atoms. The first-order chi connectivity index (χ1) is 11.5. The zero-order valence-corrected chi connectivity index (χ0v) is 15.3. The van der Waals surface area contributed by atoms with Crippen molar-refractivity contribution < 1.29 is 9.18 Å². The van der Waals surface area contributed by atoms with E-state index in [0.717, 1.165) is 24.1 Å². The topological polar surface area (TPSA) is 20.3 Å². The third-order valence-corrected chi connectivity index (χ3v) is 4.93. The van der Waals surface area contributed by atoms with Crippen molar-refractivity contribution in [3.8, 4) is 0 Å². The van der Waals surface area contributed by atoms with E-state index in [-0.39, 0.29) is 11.6 Å². The van der Waals surface area contributed by atoms with Crippen molar-refractivity contribution in [2.24, 2.45) is 5.92 Å². The number of benzene rings is 2. The van der Waals surface area contributed by atoms with Gasteiger partial charge in [-0.2, -0.15) is 0 Å². The summed E-state index contributed by atoms with van der Waals surface area (Å²) >= 11 is 3.26. The molecule has 1 unspecified atom stereocenters. The number of hydrogen-bond donors (Lipinski definition) is 0. The van der Waals surface area contributed by atoms with Crippen molar-refractivity contribution in [3.63, 3.8) is 0 Å². The lowest BCUT2D eigenvalue weighted by molar-refractivity contribution is 0.100. The molecule has 2 aromatic rings. The molecule has 4 heteroatoms. The van der Waals surface area contributed by atoms with Crippen molar-refractivity contribution >= 4 is 33.2 Å². The molecule has 0 aromatic heterocycles. The second-order valence-corrected chi connectivity index (χ2v) is 7.04. The van der Waals surface area contributed by atoms with Gasteiger partial charge in [0.2, 0.25) is 0 Å². The number of nitrogens with zero attached hydrogens (tertiary/aromatic N) is 1. The van der Waals surface area contributed by atoms with Crippen molar-refractivity contribution in [2.75, 3.05) is 4.90 Å². The number of rotatable bonds is 4. The minimum atomic E-state index is -0.417. The number of allylic oxidation sites excluding steroid dienone is 1. The molecule has 0 saturated carbocycles. The number of fused-ring (bicyclic) bond motifs is 1. The summed E-state index contributed by atoms with van der Waals surface area (Å²) < 4.78 is 15.1. The molecule has 0 saturated heterocycles. The van der Waals surface area contributed by atoms with Crippen LogP contribution in [-0.2, 0) is 0 Å². The molecule has 1 aliphatic rings. The lowest BCUT2D eigenvalue weighted by Crippen LogP contribution is -2.23. The summed E-state index contributed by atoms with van der Waals surface area (Å²) in [6, 6.07) is 12.2. The molecule has 0 bridgehead atoms. The van der Waals surface area contributed by atoms with Gasteiger partial charge in [-0.15, -0.1) is 0 Å². The summed E-state index contributed by atoms with van der Waals surface area (Å²) in [5.74, 6) is -0.0841. The minimum absolute atomic E-state index is 0.178. The van der Waals surface area contributed by atoms with Crippen molar-refractivity contribution in [1.29, 1.82) is 0 Å². The first-order valence-electron chi connectivity index (χ1n) is 8.12. The van der Waals surface area contributed by atoms with Gasteiger partial charge in [0.15, 0.2) is 0 Å². The Morgan fingerprint density at radius 2 is 1.92 bits per heavy atom. The predicted molar refractivity (Wildman–Crippen MR) is 99.4 cm³/mol. The van der Waals surface area contributed by atoms with E-state index in [9.17, 15) is 9.18 Å². The Bertz CT molecular complexity index is 815. The third kappa shape index (κ3) is 3.03. The first-order valence-corrected chi connectivity index (χ1v) is 8.91. The number of hydrogen-bond acceptors (Lipinski definition) is 1. The van der Waals surface area contributed by atoms with Gasteiger partial charge >= 0.3 is 0 Å². The number of amides is 1.